The second-order valence-corrected chi connectivity index (χ2v) is 7.01. The van der Waals surface area contributed by atoms with Gasteiger partial charge in [-0.1, -0.05) is 92.0 Å². The largest absolute Gasteiger partial charge is 0.386 e. The third kappa shape index (κ3) is 5.64. The molecule has 0 spiro atoms. The van der Waals surface area contributed by atoms with Crippen LogP contribution in [0.15, 0.2) is 65.8 Å². The molecule has 2 aromatic rings. The van der Waals surface area contributed by atoms with E-state index in [4.69, 9.17) is 14.3 Å². The Morgan fingerprint density at radius 1 is 1.04 bits per heavy atom. The number of hydrogen-bond acceptors (Lipinski definition) is 5. The lowest BCUT2D eigenvalue weighted by Gasteiger charge is -2.25. The highest BCUT2D eigenvalue weighted by atomic mass is 16.7. The molecule has 0 fully saturated rings. The Morgan fingerprint density at radius 2 is 1.75 bits per heavy atom. The first-order chi connectivity index (χ1) is 13.8. The van der Waals surface area contributed by atoms with E-state index in [0.717, 1.165) is 36.8 Å². The van der Waals surface area contributed by atoms with E-state index in [0.29, 0.717) is 12.3 Å². The summed E-state index contributed by atoms with van der Waals surface area (Å²) in [4.78, 5) is 5.60. The van der Waals surface area contributed by atoms with Crippen molar-refractivity contribution in [1.29, 1.82) is 0 Å². The van der Waals surface area contributed by atoms with E-state index in [1.165, 1.54) is 0 Å². The van der Waals surface area contributed by atoms with E-state index in [2.05, 4.69) is 12.1 Å². The molecule has 2 aromatic carbocycles. The van der Waals surface area contributed by atoms with Gasteiger partial charge in [-0.05, 0) is 12.0 Å². The number of ether oxygens (including phenoxy) is 2. The van der Waals surface area contributed by atoms with Crippen LogP contribution in [0.25, 0.3) is 0 Å². The van der Waals surface area contributed by atoms with Gasteiger partial charge in [0.15, 0.2) is 6.10 Å². The van der Waals surface area contributed by atoms with Crippen LogP contribution < -0.4 is 0 Å². The van der Waals surface area contributed by atoms with Crippen LogP contribution in [0.5, 0.6) is 0 Å². The second kappa shape index (κ2) is 11.0. The number of oxime groups is 1. The van der Waals surface area contributed by atoms with Crippen LogP contribution in [0.3, 0.4) is 0 Å². The Labute approximate surface area is 166 Å². The van der Waals surface area contributed by atoms with E-state index >= 15 is 0 Å². The van der Waals surface area contributed by atoms with Crippen LogP contribution in [-0.4, -0.2) is 35.9 Å². The first-order valence-corrected chi connectivity index (χ1v) is 10.00. The highest BCUT2D eigenvalue weighted by molar-refractivity contribution is 6.04. The zero-order chi connectivity index (χ0) is 19.6. The maximum Gasteiger partial charge on any atom is 0.185 e. The summed E-state index contributed by atoms with van der Waals surface area (Å²) in [6.45, 7) is 2.80. The SMILES string of the molecule is CCCCC[C@H](OCOCc1ccccc1)[C@@H]1ON=C(c2ccccc2)[C@H]1O. The van der Waals surface area contributed by atoms with E-state index in [1.54, 1.807) is 0 Å². The summed E-state index contributed by atoms with van der Waals surface area (Å²) in [5.74, 6) is 0. The Balaban J connectivity index is 1.55. The van der Waals surface area contributed by atoms with Crippen molar-refractivity contribution in [2.24, 2.45) is 5.16 Å². The van der Waals surface area contributed by atoms with E-state index in [9.17, 15) is 5.11 Å². The summed E-state index contributed by atoms with van der Waals surface area (Å²) >= 11 is 0. The van der Waals surface area contributed by atoms with Crippen molar-refractivity contribution in [2.45, 2.75) is 57.5 Å². The van der Waals surface area contributed by atoms with Crippen LogP contribution in [0, 0.1) is 0 Å². The van der Waals surface area contributed by atoms with Crippen molar-refractivity contribution in [1.82, 2.24) is 0 Å². The molecule has 1 N–H and O–H groups in total. The van der Waals surface area contributed by atoms with Crippen molar-refractivity contribution in [3.05, 3.63) is 71.8 Å². The zero-order valence-electron chi connectivity index (χ0n) is 16.4. The number of benzene rings is 2. The summed E-state index contributed by atoms with van der Waals surface area (Å²) < 4.78 is 11.6. The molecule has 5 nitrogen and oxygen atoms in total. The molecular formula is C23H29NO4. The molecule has 0 unspecified atom stereocenters. The van der Waals surface area contributed by atoms with Crippen LogP contribution in [0.4, 0.5) is 0 Å². The lowest BCUT2D eigenvalue weighted by Crippen LogP contribution is -2.41. The van der Waals surface area contributed by atoms with Crippen molar-refractivity contribution >= 4 is 5.71 Å². The third-order valence-electron chi connectivity index (χ3n) is 4.87. The molecule has 0 bridgehead atoms. The molecule has 3 atom stereocenters. The average Bonchev–Trinajstić information content (AvgIpc) is 3.12. The van der Waals surface area contributed by atoms with E-state index in [1.807, 2.05) is 60.7 Å². The van der Waals surface area contributed by atoms with Crippen molar-refractivity contribution in [3.63, 3.8) is 0 Å². The fraction of sp³-hybridized carbons (Fsp3) is 0.435. The maximum absolute atomic E-state index is 10.8. The van der Waals surface area contributed by atoms with Gasteiger partial charge in [-0.3, -0.25) is 0 Å². The molecule has 3 rings (SSSR count). The Hall–Kier alpha value is -2.21. The van der Waals surface area contributed by atoms with Crippen molar-refractivity contribution < 1.29 is 19.4 Å². The molecule has 150 valence electrons. The fourth-order valence-corrected chi connectivity index (χ4v) is 3.30. The highest BCUT2D eigenvalue weighted by Crippen LogP contribution is 2.24. The predicted octanol–water partition coefficient (Wildman–Crippen LogP) is 4.29. The molecule has 0 aliphatic carbocycles. The third-order valence-corrected chi connectivity index (χ3v) is 4.87. The highest BCUT2D eigenvalue weighted by Gasteiger charge is 2.39. The number of nitrogens with zero attached hydrogens (tertiary/aromatic N) is 1. The quantitative estimate of drug-likeness (QED) is 0.464. The smallest absolute Gasteiger partial charge is 0.185 e. The normalized spacial score (nSPS) is 19.9. The molecule has 0 radical (unpaired) electrons. The first-order valence-electron chi connectivity index (χ1n) is 10.00. The molecule has 1 heterocycles. The molecule has 0 amide bonds. The minimum atomic E-state index is -0.817. The van der Waals surface area contributed by atoms with Gasteiger partial charge in [0.1, 0.15) is 24.7 Å². The zero-order valence-corrected chi connectivity index (χ0v) is 16.4. The Morgan fingerprint density at radius 3 is 2.46 bits per heavy atom. The lowest BCUT2D eigenvalue weighted by atomic mass is 9.96. The summed E-state index contributed by atoms with van der Waals surface area (Å²) in [6.07, 6.45) is 2.42. The number of aliphatic hydroxyl groups excluding tert-OH is 1. The monoisotopic (exact) mass is 383 g/mol. The minimum Gasteiger partial charge on any atom is -0.386 e. The topological polar surface area (TPSA) is 60.3 Å². The van der Waals surface area contributed by atoms with Crippen molar-refractivity contribution in [3.8, 4) is 0 Å². The lowest BCUT2D eigenvalue weighted by molar-refractivity contribution is -0.152. The van der Waals surface area contributed by atoms with Gasteiger partial charge in [-0.15, -0.1) is 0 Å². The van der Waals surface area contributed by atoms with Gasteiger partial charge in [0.05, 0.1) is 6.61 Å². The summed E-state index contributed by atoms with van der Waals surface area (Å²) in [7, 11) is 0. The van der Waals surface area contributed by atoms with Gasteiger partial charge >= 0.3 is 0 Å². The van der Waals surface area contributed by atoms with Crippen LogP contribution >= 0.6 is 0 Å². The van der Waals surface area contributed by atoms with Gasteiger partial charge in [-0.2, -0.15) is 0 Å². The Kier molecular flexibility index (Phi) is 8.03. The molecule has 28 heavy (non-hydrogen) atoms. The van der Waals surface area contributed by atoms with Gasteiger partial charge in [-0.25, -0.2) is 0 Å². The molecule has 0 aromatic heterocycles. The van der Waals surface area contributed by atoms with Crippen LogP contribution in [0.1, 0.15) is 43.7 Å². The summed E-state index contributed by atoms with van der Waals surface area (Å²) in [5.41, 5.74) is 2.52. The predicted molar refractivity (Wildman–Crippen MR) is 109 cm³/mol. The summed E-state index contributed by atoms with van der Waals surface area (Å²) in [6, 6.07) is 19.6. The first kappa shape index (κ1) is 20.5. The molecule has 0 saturated heterocycles. The summed E-state index contributed by atoms with van der Waals surface area (Å²) in [5, 5.41) is 14.9. The number of aliphatic hydroxyl groups is 1. The van der Waals surface area contributed by atoms with E-state index < -0.39 is 12.2 Å². The molecule has 0 saturated carbocycles. The number of unbranched alkanes of at least 4 members (excludes halogenated alkanes) is 2. The number of hydrogen-bond donors (Lipinski definition) is 1. The van der Waals surface area contributed by atoms with E-state index in [-0.39, 0.29) is 12.9 Å². The maximum atomic E-state index is 10.8. The molecule has 5 heteroatoms. The van der Waals surface area contributed by atoms with Gasteiger partial charge < -0.3 is 19.4 Å². The second-order valence-electron chi connectivity index (χ2n) is 7.01. The fourth-order valence-electron chi connectivity index (χ4n) is 3.30. The number of rotatable bonds is 11. The minimum absolute atomic E-state index is 0.152. The standard InChI is InChI=1S/C23H29NO4/c1-2-3-6-15-20(27-17-26-16-18-11-7-4-8-12-18)23-22(25)21(24-28-23)19-13-9-5-10-14-19/h4-5,7-14,20,22-23,25H,2-3,6,15-17H2,1H3/t20-,22+,23-/m0/s1. The van der Waals surface area contributed by atoms with Gasteiger partial charge in [0, 0.05) is 5.56 Å². The average molecular weight is 383 g/mol. The van der Waals surface area contributed by atoms with Gasteiger partial charge in [0.25, 0.3) is 0 Å². The molecule has 1 aliphatic heterocycles. The van der Waals surface area contributed by atoms with Crippen LogP contribution in [-0.2, 0) is 20.9 Å². The Bertz CT molecular complexity index is 720. The molecular weight excluding hydrogens is 354 g/mol. The van der Waals surface area contributed by atoms with Gasteiger partial charge in [0.2, 0.25) is 0 Å². The molecule has 1 aliphatic rings. The van der Waals surface area contributed by atoms with Crippen molar-refractivity contribution in [2.75, 3.05) is 6.79 Å². The van der Waals surface area contributed by atoms with Crippen LogP contribution in [0.2, 0.25) is 0 Å².